The second kappa shape index (κ2) is 3.91. The van der Waals surface area contributed by atoms with Crippen LogP contribution >= 0.6 is 0 Å². The number of benzene rings is 1. The van der Waals surface area contributed by atoms with Crippen molar-refractivity contribution in [1.82, 2.24) is 14.5 Å². The maximum Gasteiger partial charge on any atom is 0.350 e. The fourth-order valence-electron chi connectivity index (χ4n) is 2.10. The van der Waals surface area contributed by atoms with Crippen molar-refractivity contribution in [1.29, 1.82) is 0 Å². The molecule has 0 saturated heterocycles. The normalized spacial score (nSPS) is 11.1. The summed E-state index contributed by atoms with van der Waals surface area (Å²) in [5.41, 5.74) is 0.464. The summed E-state index contributed by atoms with van der Waals surface area (Å²) < 4.78 is 2.30. The molecule has 7 nitrogen and oxygen atoms in total. The number of aromatic nitrogens is 4. The third-order valence-corrected chi connectivity index (χ3v) is 3.04. The quantitative estimate of drug-likeness (QED) is 0.380. The van der Waals surface area contributed by atoms with E-state index >= 15 is 0 Å². The first-order valence-corrected chi connectivity index (χ1v) is 5.70. The molecule has 0 bridgehead atoms. The van der Waals surface area contributed by atoms with E-state index in [2.05, 4.69) is 15.3 Å². The Kier molecular flexibility index (Phi) is 2.34. The molecule has 0 unspecified atom stereocenters. The second-order valence-corrected chi connectivity index (χ2v) is 4.12. The van der Waals surface area contributed by atoms with E-state index in [0.29, 0.717) is 21.6 Å². The molecule has 96 valence electrons. The molecule has 0 aliphatic carbocycles. The van der Waals surface area contributed by atoms with E-state index in [9.17, 15) is 10.0 Å². The Bertz CT molecular complexity index is 811. The monoisotopic (exact) mass is 257 g/mol. The van der Waals surface area contributed by atoms with Gasteiger partial charge in [-0.2, -0.15) is 14.7 Å². The van der Waals surface area contributed by atoms with Gasteiger partial charge in [0.2, 0.25) is 17.3 Å². The van der Waals surface area contributed by atoms with Crippen LogP contribution in [0.1, 0.15) is 0 Å². The smallest absolute Gasteiger partial charge is 0.350 e. The zero-order valence-corrected chi connectivity index (χ0v) is 10.4. The maximum atomic E-state index is 12.3. The van der Waals surface area contributed by atoms with Gasteiger partial charge in [0.25, 0.3) is 0 Å². The van der Waals surface area contributed by atoms with Crippen molar-refractivity contribution in [2.45, 2.75) is 0 Å². The van der Waals surface area contributed by atoms with Crippen molar-refractivity contribution in [2.75, 3.05) is 12.4 Å². The van der Waals surface area contributed by atoms with E-state index < -0.39 is 5.56 Å². The lowest BCUT2D eigenvalue weighted by Gasteiger charge is -2.14. The number of para-hydroxylation sites is 2. The van der Waals surface area contributed by atoms with Gasteiger partial charge in [0, 0.05) is 20.2 Å². The van der Waals surface area contributed by atoms with E-state index in [-0.39, 0.29) is 11.6 Å². The van der Waals surface area contributed by atoms with Crippen LogP contribution in [0.25, 0.3) is 22.6 Å². The minimum atomic E-state index is -0.592. The first kappa shape index (κ1) is 11.4. The van der Waals surface area contributed by atoms with Gasteiger partial charge >= 0.3 is 11.3 Å². The molecule has 1 aromatic rings. The molecule has 0 amide bonds. The van der Waals surface area contributed by atoms with E-state index in [1.165, 1.54) is 0 Å². The predicted octanol–water partition coefficient (Wildman–Crippen LogP) is 0.108. The Balaban J connectivity index is 2.60. The highest BCUT2D eigenvalue weighted by Crippen LogP contribution is 2.18. The number of nitrogens with zero attached hydrogens (tertiary/aromatic N) is 4. The third-order valence-electron chi connectivity index (χ3n) is 3.04. The van der Waals surface area contributed by atoms with Gasteiger partial charge in [-0.15, -0.1) is 0 Å². The van der Waals surface area contributed by atoms with Gasteiger partial charge in [0.15, 0.2) is 0 Å². The van der Waals surface area contributed by atoms with Crippen LogP contribution < -0.4 is 15.6 Å². The van der Waals surface area contributed by atoms with Crippen molar-refractivity contribution in [3.8, 4) is 11.5 Å². The van der Waals surface area contributed by atoms with E-state index in [4.69, 9.17) is 0 Å². The number of nitrogens with one attached hydrogen (secondary N) is 1. The molecule has 1 N–H and O–H groups in total. The SMILES string of the molecule is CNc1nc2n(C)c3ccccc3[n+]([O-])c-2c(=O)n1. The highest BCUT2D eigenvalue weighted by atomic mass is 16.5. The third kappa shape index (κ3) is 1.51. The molecule has 1 aromatic carbocycles. The van der Waals surface area contributed by atoms with Crippen LogP contribution in [-0.4, -0.2) is 21.6 Å². The molecule has 0 spiro atoms. The topological polar surface area (TPSA) is 86.8 Å². The van der Waals surface area contributed by atoms with Crippen LogP contribution in [0, 0.1) is 5.21 Å². The average molecular weight is 257 g/mol. The molecule has 7 heteroatoms. The molecule has 0 aromatic heterocycles. The lowest BCUT2D eigenvalue weighted by atomic mass is 10.2. The van der Waals surface area contributed by atoms with Crippen molar-refractivity contribution >= 4 is 17.0 Å². The zero-order valence-electron chi connectivity index (χ0n) is 10.4. The minimum Gasteiger partial charge on any atom is -0.618 e. The summed E-state index contributed by atoms with van der Waals surface area (Å²) in [7, 11) is 3.38. The molecule has 0 radical (unpaired) electrons. The van der Waals surface area contributed by atoms with Crippen LogP contribution in [0.5, 0.6) is 0 Å². The molecular weight excluding hydrogens is 246 g/mol. The molecule has 2 heterocycles. The first-order valence-electron chi connectivity index (χ1n) is 5.70. The summed E-state index contributed by atoms with van der Waals surface area (Å²) in [6.07, 6.45) is 0. The molecule has 19 heavy (non-hydrogen) atoms. The summed E-state index contributed by atoms with van der Waals surface area (Å²) in [5.74, 6) is 0.501. The van der Waals surface area contributed by atoms with Crippen LogP contribution in [0.15, 0.2) is 29.1 Å². The highest BCUT2D eigenvalue weighted by molar-refractivity contribution is 5.75. The Morgan fingerprint density at radius 1 is 1.32 bits per heavy atom. The average Bonchev–Trinajstić information content (AvgIpc) is 2.44. The molecular formula is C12H11N5O2. The fourth-order valence-corrected chi connectivity index (χ4v) is 2.10. The van der Waals surface area contributed by atoms with E-state index in [0.717, 1.165) is 0 Å². The number of aryl methyl sites for hydroxylation is 1. The molecule has 3 rings (SSSR count). The molecule has 2 aliphatic rings. The van der Waals surface area contributed by atoms with Gasteiger partial charge in [0.05, 0.1) is 0 Å². The van der Waals surface area contributed by atoms with Gasteiger partial charge in [-0.05, 0) is 6.07 Å². The molecule has 2 aliphatic heterocycles. The lowest BCUT2D eigenvalue weighted by Crippen LogP contribution is -2.40. The van der Waals surface area contributed by atoms with E-state index in [1.807, 2.05) is 6.07 Å². The molecule has 0 fully saturated rings. The van der Waals surface area contributed by atoms with Gasteiger partial charge in [0.1, 0.15) is 5.52 Å². The summed E-state index contributed by atoms with van der Waals surface area (Å²) in [6.45, 7) is 0. The van der Waals surface area contributed by atoms with Crippen LogP contribution in [-0.2, 0) is 7.05 Å². The first-order chi connectivity index (χ1) is 9.13. The Hall–Kier alpha value is -2.70. The Labute approximate surface area is 108 Å². The molecule has 0 saturated carbocycles. The number of hydrogen-bond acceptors (Lipinski definition) is 5. The van der Waals surface area contributed by atoms with Crippen molar-refractivity contribution < 1.29 is 4.73 Å². The van der Waals surface area contributed by atoms with Gasteiger partial charge in [-0.25, -0.2) is 0 Å². The lowest BCUT2D eigenvalue weighted by molar-refractivity contribution is -0.566. The van der Waals surface area contributed by atoms with Gasteiger partial charge < -0.3 is 15.1 Å². The zero-order chi connectivity index (χ0) is 13.6. The summed E-state index contributed by atoms with van der Waals surface area (Å²) in [5, 5.41) is 15.0. The second-order valence-electron chi connectivity index (χ2n) is 4.12. The Morgan fingerprint density at radius 3 is 2.79 bits per heavy atom. The highest BCUT2D eigenvalue weighted by Gasteiger charge is 2.26. The van der Waals surface area contributed by atoms with Gasteiger partial charge in [-0.3, -0.25) is 4.79 Å². The maximum absolute atomic E-state index is 12.3. The Morgan fingerprint density at radius 2 is 2.05 bits per heavy atom. The van der Waals surface area contributed by atoms with E-state index in [1.54, 1.807) is 36.9 Å². The minimum absolute atomic E-state index is 0.0554. The largest absolute Gasteiger partial charge is 0.618 e. The summed E-state index contributed by atoms with van der Waals surface area (Å²) in [4.78, 5) is 19.9. The van der Waals surface area contributed by atoms with Crippen LogP contribution in [0.4, 0.5) is 5.95 Å². The number of fused-ring (bicyclic) bond motifs is 2. The van der Waals surface area contributed by atoms with Gasteiger partial charge in [-0.1, -0.05) is 12.1 Å². The number of hydrogen-bond donors (Lipinski definition) is 1. The summed E-state index contributed by atoms with van der Waals surface area (Å²) >= 11 is 0. The summed E-state index contributed by atoms with van der Waals surface area (Å²) in [6, 6.07) is 7.03. The number of rotatable bonds is 1. The standard InChI is InChI=1S/C12H11N5O2/c1-13-12-14-10-9(11(18)15-12)17(19)8-6-4-3-5-7(8)16(10)2/h3-6H,1-2H3,(H,13,15,18). The fraction of sp³-hybridized carbons (Fsp3) is 0.167. The van der Waals surface area contributed by atoms with Crippen molar-refractivity contribution in [3.63, 3.8) is 0 Å². The van der Waals surface area contributed by atoms with Crippen LogP contribution in [0.3, 0.4) is 0 Å². The molecule has 0 atom stereocenters. The van der Waals surface area contributed by atoms with Crippen molar-refractivity contribution in [2.24, 2.45) is 7.05 Å². The van der Waals surface area contributed by atoms with Crippen molar-refractivity contribution in [3.05, 3.63) is 39.8 Å². The van der Waals surface area contributed by atoms with Crippen LogP contribution in [0.2, 0.25) is 0 Å². The number of anilines is 1. The predicted molar refractivity (Wildman–Crippen MR) is 69.9 cm³/mol.